The molecule has 10 heteroatoms. The normalized spacial score (nSPS) is 35.0. The smallest absolute Gasteiger partial charge is 0.324 e. The number of fused-ring (bicyclic) bond motifs is 1. The summed E-state index contributed by atoms with van der Waals surface area (Å²) in [7, 11) is -8.62. The van der Waals surface area contributed by atoms with E-state index in [0.29, 0.717) is 0 Å². The molecule has 0 bridgehead atoms. The van der Waals surface area contributed by atoms with Crippen LogP contribution in [0.25, 0.3) is 0 Å². The first-order chi connectivity index (χ1) is 9.13. The van der Waals surface area contributed by atoms with Crippen molar-refractivity contribution in [3.8, 4) is 0 Å². The Balaban J connectivity index is 2.08. The van der Waals surface area contributed by atoms with E-state index in [-0.39, 0.29) is 31.1 Å². The maximum Gasteiger partial charge on any atom is 0.359 e. The minimum atomic E-state index is -4.47. The molecule has 0 aromatic rings. The van der Waals surface area contributed by atoms with E-state index in [1.807, 2.05) is 0 Å². The van der Waals surface area contributed by atoms with Gasteiger partial charge >= 0.3 is 15.2 Å². The Morgan fingerprint density at radius 2 is 1.50 bits per heavy atom. The van der Waals surface area contributed by atoms with Gasteiger partial charge in [-0.25, -0.2) is 0 Å². The van der Waals surface area contributed by atoms with Gasteiger partial charge in [0.25, 0.3) is 0 Å². The van der Waals surface area contributed by atoms with E-state index in [4.69, 9.17) is 9.79 Å². The molecule has 2 unspecified atom stereocenters. The molecule has 2 aliphatic rings. The van der Waals surface area contributed by atoms with Gasteiger partial charge in [0.1, 0.15) is 0 Å². The molecule has 0 amide bonds. The molecule has 20 heavy (non-hydrogen) atoms. The van der Waals surface area contributed by atoms with Crippen molar-refractivity contribution in [2.24, 2.45) is 0 Å². The summed E-state index contributed by atoms with van der Waals surface area (Å²) in [5.74, 6) is 0. The molecule has 8 nitrogen and oxygen atoms in total. The molecule has 1 aliphatic carbocycles. The first kappa shape index (κ1) is 16.6. The van der Waals surface area contributed by atoms with Crippen LogP contribution in [0.4, 0.5) is 0 Å². The number of hydrogen-bond donors (Lipinski definition) is 6. The lowest BCUT2D eigenvalue weighted by molar-refractivity contribution is 0.276. The van der Waals surface area contributed by atoms with Crippen LogP contribution in [0.15, 0.2) is 0 Å². The van der Waals surface area contributed by atoms with E-state index in [1.165, 1.54) is 0 Å². The molecule has 0 radical (unpaired) electrons. The van der Waals surface area contributed by atoms with Crippen molar-refractivity contribution in [3.05, 3.63) is 0 Å². The Bertz CT molecular complexity index is 433. The third-order valence-electron chi connectivity index (χ3n) is 4.10. The van der Waals surface area contributed by atoms with Gasteiger partial charge in [0, 0.05) is 18.2 Å². The average Bonchev–Trinajstić information content (AvgIpc) is 2.66. The van der Waals surface area contributed by atoms with Crippen molar-refractivity contribution in [2.45, 2.75) is 56.0 Å². The molecule has 118 valence electrons. The van der Waals surface area contributed by atoms with Gasteiger partial charge in [0.05, 0.1) is 0 Å². The van der Waals surface area contributed by atoms with Gasteiger partial charge in [-0.05, 0) is 25.7 Å². The van der Waals surface area contributed by atoms with Crippen LogP contribution in [-0.2, 0) is 9.13 Å². The van der Waals surface area contributed by atoms with Crippen molar-refractivity contribution in [1.82, 2.24) is 10.6 Å². The summed E-state index contributed by atoms with van der Waals surface area (Å²) in [6.45, 7) is 0. The monoisotopic (exact) mass is 328 g/mol. The second kappa shape index (κ2) is 5.78. The Morgan fingerprint density at radius 3 is 1.90 bits per heavy atom. The number of nitrogens with one attached hydrogen (secondary N) is 2. The molecule has 0 aromatic carbocycles. The van der Waals surface area contributed by atoms with Crippen molar-refractivity contribution in [2.75, 3.05) is 6.16 Å². The molecule has 6 N–H and O–H groups in total. The SMILES string of the molecule is O=P(O)(O)CCCC1(P(=O)(O)O)NC2CCCCC2N1. The molecule has 1 saturated carbocycles. The van der Waals surface area contributed by atoms with Gasteiger partial charge in [0.2, 0.25) is 0 Å². The molecule has 2 atom stereocenters. The van der Waals surface area contributed by atoms with E-state index in [0.717, 1.165) is 25.7 Å². The zero-order valence-corrected chi connectivity index (χ0v) is 12.9. The molecule has 1 aliphatic heterocycles. The standard InChI is InChI=1S/C10H22N2O6P2/c13-19(14,15)7-3-6-10(20(16,17)18)11-8-4-1-2-5-9(8)12-10/h8-9,11-12H,1-7H2,(H2,13,14,15)(H2,16,17,18). The topological polar surface area (TPSA) is 139 Å². The third-order valence-corrected chi connectivity index (χ3v) is 6.47. The fourth-order valence-corrected chi connectivity index (χ4v) is 4.82. The predicted octanol–water partition coefficient (Wildman–Crippen LogP) is 0.280. The highest BCUT2D eigenvalue weighted by Gasteiger charge is 2.54. The molecule has 0 spiro atoms. The lowest BCUT2D eigenvalue weighted by atomic mass is 9.92. The van der Waals surface area contributed by atoms with Crippen molar-refractivity contribution in [1.29, 1.82) is 0 Å². The fraction of sp³-hybridized carbons (Fsp3) is 1.00. The maximum atomic E-state index is 11.8. The van der Waals surface area contributed by atoms with E-state index in [9.17, 15) is 18.9 Å². The Labute approximate surface area is 117 Å². The van der Waals surface area contributed by atoms with Crippen molar-refractivity contribution >= 4 is 15.2 Å². The lowest BCUT2D eigenvalue weighted by Gasteiger charge is -2.31. The van der Waals surface area contributed by atoms with Crippen molar-refractivity contribution in [3.63, 3.8) is 0 Å². The van der Waals surface area contributed by atoms with Crippen LogP contribution in [-0.4, -0.2) is 43.2 Å². The van der Waals surface area contributed by atoms with Crippen molar-refractivity contribution < 1.29 is 28.7 Å². The van der Waals surface area contributed by atoms with Gasteiger partial charge in [-0.15, -0.1) is 0 Å². The minimum absolute atomic E-state index is 0.00458. The first-order valence-corrected chi connectivity index (χ1v) is 10.2. The third kappa shape index (κ3) is 3.70. The second-order valence-electron chi connectivity index (χ2n) is 5.68. The highest BCUT2D eigenvalue weighted by molar-refractivity contribution is 7.53. The molecule has 2 fully saturated rings. The lowest BCUT2D eigenvalue weighted by Crippen LogP contribution is -2.50. The maximum absolute atomic E-state index is 11.8. The molecule has 1 saturated heterocycles. The Morgan fingerprint density at radius 1 is 1.00 bits per heavy atom. The van der Waals surface area contributed by atoms with Crippen LogP contribution in [0, 0.1) is 0 Å². The summed E-state index contributed by atoms with van der Waals surface area (Å²) >= 11 is 0. The zero-order chi connectivity index (χ0) is 15.0. The van der Waals surface area contributed by atoms with Gasteiger partial charge in [-0.3, -0.25) is 19.8 Å². The molecule has 2 rings (SSSR count). The Hall–Kier alpha value is 0.220. The van der Waals surface area contributed by atoms with Gasteiger partial charge < -0.3 is 19.6 Å². The molecule has 0 aromatic heterocycles. The molecular formula is C10H22N2O6P2. The van der Waals surface area contributed by atoms with Gasteiger partial charge in [-0.2, -0.15) is 0 Å². The highest BCUT2D eigenvalue weighted by atomic mass is 31.2. The van der Waals surface area contributed by atoms with E-state index in [1.54, 1.807) is 0 Å². The summed E-state index contributed by atoms with van der Waals surface area (Å²) in [4.78, 5) is 37.0. The first-order valence-electron chi connectivity index (χ1n) is 6.79. The minimum Gasteiger partial charge on any atom is -0.324 e. The largest absolute Gasteiger partial charge is 0.359 e. The summed E-state index contributed by atoms with van der Waals surface area (Å²) < 4.78 is 22.7. The predicted molar refractivity (Wildman–Crippen MR) is 73.2 cm³/mol. The quantitative estimate of drug-likeness (QED) is 0.396. The summed E-state index contributed by atoms with van der Waals surface area (Å²) in [5.41, 5.74) is 0. The van der Waals surface area contributed by atoms with Gasteiger partial charge in [-0.1, -0.05) is 12.8 Å². The summed E-state index contributed by atoms with van der Waals surface area (Å²) in [6.07, 6.45) is 3.44. The van der Waals surface area contributed by atoms with Crippen LogP contribution >= 0.6 is 15.2 Å². The fourth-order valence-electron chi connectivity index (χ4n) is 3.13. The van der Waals surface area contributed by atoms with Crippen LogP contribution < -0.4 is 10.6 Å². The number of hydrogen-bond acceptors (Lipinski definition) is 4. The average molecular weight is 328 g/mol. The van der Waals surface area contributed by atoms with E-state index >= 15 is 0 Å². The summed E-state index contributed by atoms with van der Waals surface area (Å²) in [5, 5.41) is 4.47. The highest BCUT2D eigenvalue weighted by Crippen LogP contribution is 2.53. The summed E-state index contributed by atoms with van der Waals surface area (Å²) in [6, 6.07) is 0.0397. The second-order valence-corrected chi connectivity index (χ2v) is 9.31. The van der Waals surface area contributed by atoms with Crippen LogP contribution in [0.2, 0.25) is 0 Å². The number of rotatable bonds is 5. The zero-order valence-electron chi connectivity index (χ0n) is 11.1. The molecule has 1 heterocycles. The van der Waals surface area contributed by atoms with Crippen LogP contribution in [0.3, 0.4) is 0 Å². The molecular weight excluding hydrogens is 306 g/mol. The van der Waals surface area contributed by atoms with E-state index in [2.05, 4.69) is 10.6 Å². The van der Waals surface area contributed by atoms with E-state index < -0.39 is 20.6 Å². The van der Waals surface area contributed by atoms with Crippen LogP contribution in [0.5, 0.6) is 0 Å². The van der Waals surface area contributed by atoms with Gasteiger partial charge in [0.15, 0.2) is 5.40 Å². The van der Waals surface area contributed by atoms with Crippen LogP contribution in [0.1, 0.15) is 38.5 Å². The Kier molecular flexibility index (Phi) is 4.80.